The lowest BCUT2D eigenvalue weighted by Crippen LogP contribution is -2.27. The minimum Gasteiger partial charge on any atom is -0.489 e. The van der Waals surface area contributed by atoms with E-state index in [0.29, 0.717) is 36.0 Å². The molecular formula is C28H26N6O3. The zero-order chi connectivity index (χ0) is 25.6. The van der Waals surface area contributed by atoms with Gasteiger partial charge >= 0.3 is 0 Å². The number of rotatable bonds is 8. The summed E-state index contributed by atoms with van der Waals surface area (Å²) in [6.07, 6.45) is 3.87. The minimum atomic E-state index is -0.238. The van der Waals surface area contributed by atoms with Crippen LogP contribution in [0.15, 0.2) is 77.9 Å². The standard InChI is InChI=1S/C28H26N6O3/c29-15-20-3-1-5-22(13-20)26-7-8-27(36)34(32-26)18-21-4-2-6-23(14-21)28-30-16-25(17-31-28)37-12-11-33-10-9-24(35)19-33/h1-8,13-14,16-17,24,35H,9-12,18-19H2/t24-/m1/s1. The molecule has 1 atom stereocenters. The van der Waals surface area contributed by atoms with Crippen LogP contribution < -0.4 is 10.3 Å². The summed E-state index contributed by atoms with van der Waals surface area (Å²) >= 11 is 0. The number of benzene rings is 2. The highest BCUT2D eigenvalue weighted by Crippen LogP contribution is 2.20. The van der Waals surface area contributed by atoms with E-state index in [1.165, 1.54) is 10.7 Å². The molecule has 3 heterocycles. The van der Waals surface area contributed by atoms with Gasteiger partial charge in [-0.25, -0.2) is 14.6 Å². The molecule has 4 aromatic rings. The van der Waals surface area contributed by atoms with Crippen LogP contribution in [0.1, 0.15) is 17.5 Å². The highest BCUT2D eigenvalue weighted by Gasteiger charge is 2.19. The third-order valence-electron chi connectivity index (χ3n) is 6.22. The molecule has 0 unspecified atom stereocenters. The van der Waals surface area contributed by atoms with E-state index in [9.17, 15) is 15.2 Å². The Bertz CT molecular complexity index is 1480. The number of hydrogen-bond donors (Lipinski definition) is 1. The first kappa shape index (κ1) is 24.3. The third kappa shape index (κ3) is 6.06. The number of ether oxygens (including phenoxy) is 1. The van der Waals surface area contributed by atoms with E-state index in [-0.39, 0.29) is 18.2 Å². The van der Waals surface area contributed by atoms with E-state index in [2.05, 4.69) is 26.0 Å². The van der Waals surface area contributed by atoms with Crippen LogP contribution in [0.4, 0.5) is 0 Å². The zero-order valence-electron chi connectivity index (χ0n) is 20.2. The maximum Gasteiger partial charge on any atom is 0.267 e. The highest BCUT2D eigenvalue weighted by atomic mass is 16.5. The number of β-amino-alcohol motifs (C(OH)–C–C–N with tert-alkyl or cyclic N) is 1. The Balaban J connectivity index is 1.26. The van der Waals surface area contributed by atoms with E-state index in [1.54, 1.807) is 36.7 Å². The summed E-state index contributed by atoms with van der Waals surface area (Å²) in [7, 11) is 0. The molecule has 186 valence electrons. The highest BCUT2D eigenvalue weighted by molar-refractivity contribution is 5.60. The maximum absolute atomic E-state index is 12.5. The molecule has 9 heteroatoms. The topological polar surface area (TPSA) is 117 Å². The lowest BCUT2D eigenvalue weighted by atomic mass is 10.1. The van der Waals surface area contributed by atoms with Gasteiger partial charge < -0.3 is 9.84 Å². The van der Waals surface area contributed by atoms with Crippen LogP contribution in [0.2, 0.25) is 0 Å². The van der Waals surface area contributed by atoms with Crippen molar-refractivity contribution in [2.45, 2.75) is 19.1 Å². The molecule has 2 aromatic heterocycles. The first-order valence-electron chi connectivity index (χ1n) is 12.1. The van der Waals surface area contributed by atoms with Crippen LogP contribution in [-0.2, 0) is 6.54 Å². The number of nitrogens with zero attached hydrogens (tertiary/aromatic N) is 6. The van der Waals surface area contributed by atoms with Crippen molar-refractivity contribution in [3.8, 4) is 34.5 Å². The molecule has 1 fully saturated rings. The Morgan fingerprint density at radius 3 is 2.65 bits per heavy atom. The molecule has 1 aliphatic heterocycles. The van der Waals surface area contributed by atoms with Gasteiger partial charge in [0.2, 0.25) is 0 Å². The molecule has 0 radical (unpaired) electrons. The van der Waals surface area contributed by atoms with Crippen molar-refractivity contribution in [3.05, 3.63) is 94.5 Å². The van der Waals surface area contributed by atoms with Gasteiger partial charge in [-0.05, 0) is 36.2 Å². The van der Waals surface area contributed by atoms with Crippen LogP contribution in [0.25, 0.3) is 22.6 Å². The molecule has 2 aromatic carbocycles. The summed E-state index contributed by atoms with van der Waals surface area (Å²) < 4.78 is 7.17. The lowest BCUT2D eigenvalue weighted by molar-refractivity contribution is 0.167. The summed E-state index contributed by atoms with van der Waals surface area (Å²) in [6.45, 7) is 3.11. The van der Waals surface area contributed by atoms with Gasteiger partial charge in [0.15, 0.2) is 11.6 Å². The lowest BCUT2D eigenvalue weighted by Gasteiger charge is -2.15. The molecular weight excluding hydrogens is 468 g/mol. The van der Waals surface area contributed by atoms with E-state index in [4.69, 9.17) is 4.74 Å². The second-order valence-corrected chi connectivity index (χ2v) is 8.94. The second-order valence-electron chi connectivity index (χ2n) is 8.94. The predicted molar refractivity (Wildman–Crippen MR) is 138 cm³/mol. The molecule has 0 saturated carbocycles. The van der Waals surface area contributed by atoms with Crippen molar-refractivity contribution in [3.63, 3.8) is 0 Å². The van der Waals surface area contributed by atoms with Crippen molar-refractivity contribution in [1.29, 1.82) is 5.26 Å². The molecule has 0 bridgehead atoms. The number of hydrogen-bond acceptors (Lipinski definition) is 8. The summed E-state index contributed by atoms with van der Waals surface area (Å²) in [5, 5.41) is 23.3. The first-order valence-corrected chi connectivity index (χ1v) is 12.1. The molecule has 0 spiro atoms. The largest absolute Gasteiger partial charge is 0.489 e. The normalized spacial score (nSPS) is 15.4. The van der Waals surface area contributed by atoms with Crippen molar-refractivity contribution in [1.82, 2.24) is 24.6 Å². The van der Waals surface area contributed by atoms with E-state index in [0.717, 1.165) is 36.2 Å². The van der Waals surface area contributed by atoms with Crippen LogP contribution in [0.3, 0.4) is 0 Å². The molecule has 0 amide bonds. The van der Waals surface area contributed by atoms with Gasteiger partial charge in [-0.2, -0.15) is 10.4 Å². The summed E-state index contributed by atoms with van der Waals surface area (Å²) in [4.78, 5) is 23.6. The van der Waals surface area contributed by atoms with Crippen molar-refractivity contribution < 1.29 is 9.84 Å². The van der Waals surface area contributed by atoms with Crippen molar-refractivity contribution >= 4 is 0 Å². The third-order valence-corrected chi connectivity index (χ3v) is 6.22. The van der Waals surface area contributed by atoms with Gasteiger partial charge in [0.25, 0.3) is 5.56 Å². The molecule has 1 N–H and O–H groups in total. The summed E-state index contributed by atoms with van der Waals surface area (Å²) in [5.74, 6) is 1.15. The molecule has 37 heavy (non-hydrogen) atoms. The number of aromatic nitrogens is 4. The Hall–Kier alpha value is -4.39. The fraction of sp³-hybridized carbons (Fsp3) is 0.250. The SMILES string of the molecule is N#Cc1cccc(-c2ccc(=O)n(Cc3cccc(-c4ncc(OCCN5CC[C@@H](O)C5)cn4)c3)n2)c1. The molecule has 5 rings (SSSR count). The van der Waals surface area contributed by atoms with E-state index in [1.807, 2.05) is 30.3 Å². The maximum atomic E-state index is 12.5. The Morgan fingerprint density at radius 1 is 1.05 bits per heavy atom. The van der Waals surface area contributed by atoms with Crippen molar-refractivity contribution in [2.24, 2.45) is 0 Å². The molecule has 1 aliphatic rings. The van der Waals surface area contributed by atoms with Gasteiger partial charge in [0.05, 0.1) is 42.4 Å². The van der Waals surface area contributed by atoms with Gasteiger partial charge in [-0.3, -0.25) is 9.69 Å². The average Bonchev–Trinajstić information content (AvgIpc) is 3.35. The average molecular weight is 495 g/mol. The second kappa shape index (κ2) is 11.1. The Morgan fingerprint density at radius 2 is 1.86 bits per heavy atom. The smallest absolute Gasteiger partial charge is 0.267 e. The van der Waals surface area contributed by atoms with Gasteiger partial charge in [-0.15, -0.1) is 0 Å². The summed E-state index contributed by atoms with van der Waals surface area (Å²) in [6, 6.07) is 20.1. The Labute approximate surface area is 214 Å². The van der Waals surface area contributed by atoms with Crippen LogP contribution in [0.5, 0.6) is 5.75 Å². The van der Waals surface area contributed by atoms with Gasteiger partial charge in [-0.1, -0.05) is 30.3 Å². The minimum absolute atomic E-state index is 0.216. The predicted octanol–water partition coefficient (Wildman–Crippen LogP) is 2.73. The van der Waals surface area contributed by atoms with E-state index < -0.39 is 0 Å². The number of likely N-dealkylation sites (tertiary alicyclic amines) is 1. The Kier molecular flexibility index (Phi) is 7.31. The molecule has 1 saturated heterocycles. The monoisotopic (exact) mass is 494 g/mol. The molecule has 0 aliphatic carbocycles. The quantitative estimate of drug-likeness (QED) is 0.397. The van der Waals surface area contributed by atoms with E-state index >= 15 is 0 Å². The first-order chi connectivity index (χ1) is 18.1. The number of aliphatic hydroxyl groups is 1. The number of nitriles is 1. The summed E-state index contributed by atoms with van der Waals surface area (Å²) in [5.41, 5.74) is 3.41. The van der Waals surface area contributed by atoms with Crippen LogP contribution in [0, 0.1) is 11.3 Å². The fourth-order valence-electron chi connectivity index (χ4n) is 4.29. The fourth-order valence-corrected chi connectivity index (χ4v) is 4.29. The molecule has 9 nitrogen and oxygen atoms in total. The number of aliphatic hydroxyl groups excluding tert-OH is 1. The van der Waals surface area contributed by atoms with Crippen LogP contribution >= 0.6 is 0 Å². The van der Waals surface area contributed by atoms with Gasteiger partial charge in [0.1, 0.15) is 6.61 Å². The van der Waals surface area contributed by atoms with Gasteiger partial charge in [0, 0.05) is 36.8 Å². The van der Waals surface area contributed by atoms with Crippen molar-refractivity contribution in [2.75, 3.05) is 26.2 Å². The zero-order valence-corrected chi connectivity index (χ0v) is 20.2. The van der Waals surface area contributed by atoms with Crippen LogP contribution in [-0.4, -0.2) is 62.1 Å².